The molecule has 0 aromatic heterocycles. The summed E-state index contributed by atoms with van der Waals surface area (Å²) < 4.78 is 18.9. The summed E-state index contributed by atoms with van der Waals surface area (Å²) >= 11 is 6.44. The third-order valence-corrected chi connectivity index (χ3v) is 6.32. The van der Waals surface area contributed by atoms with Crippen molar-refractivity contribution in [2.24, 2.45) is 0 Å². The van der Waals surface area contributed by atoms with Gasteiger partial charge in [0.1, 0.15) is 11.6 Å². The van der Waals surface area contributed by atoms with E-state index in [0.717, 1.165) is 37.8 Å². The number of benzene rings is 2. The molecule has 1 saturated heterocycles. The van der Waals surface area contributed by atoms with Crippen molar-refractivity contribution in [3.63, 3.8) is 0 Å². The molecule has 1 heterocycles. The molecule has 0 unspecified atom stereocenters. The number of Topliss-reactive ketones (excluding diaryl/α,β-unsaturated/α-hetero) is 1. The van der Waals surface area contributed by atoms with Gasteiger partial charge in [0.05, 0.1) is 17.2 Å². The molecule has 1 amide bonds. The molecule has 0 radical (unpaired) electrons. The lowest BCUT2D eigenvalue weighted by atomic mass is 9.93. The SMILES string of the molecule is C[C@@H](NC(=O)C(=O)c1ccc(F)cc1)[C@](O)(c1ccc(OC2CC2)c(Cl)c1)N1CCCC1. The number of carbonyl (C=O) groups is 2. The molecule has 2 aliphatic rings. The molecule has 1 aliphatic carbocycles. The molecule has 170 valence electrons. The molecule has 1 saturated carbocycles. The van der Waals surface area contributed by atoms with E-state index in [1.54, 1.807) is 25.1 Å². The lowest BCUT2D eigenvalue weighted by molar-refractivity contribution is -0.139. The minimum Gasteiger partial charge on any atom is -0.489 e. The molecule has 4 rings (SSSR count). The summed E-state index contributed by atoms with van der Waals surface area (Å²) in [7, 11) is 0. The number of rotatable bonds is 8. The second kappa shape index (κ2) is 9.17. The molecule has 1 aliphatic heterocycles. The number of hydrogen-bond donors (Lipinski definition) is 2. The Bertz CT molecular complexity index is 1010. The molecular weight excluding hydrogens is 435 g/mol. The Labute approximate surface area is 191 Å². The van der Waals surface area contributed by atoms with Crippen molar-refractivity contribution in [3.8, 4) is 5.75 Å². The normalized spacial score (nSPS) is 19.2. The van der Waals surface area contributed by atoms with Crippen molar-refractivity contribution < 1.29 is 23.8 Å². The van der Waals surface area contributed by atoms with Crippen LogP contribution in [-0.2, 0) is 10.5 Å². The number of carbonyl (C=O) groups excluding carboxylic acids is 2. The fourth-order valence-electron chi connectivity index (χ4n) is 4.05. The van der Waals surface area contributed by atoms with E-state index in [0.29, 0.717) is 29.4 Å². The lowest BCUT2D eigenvalue weighted by Gasteiger charge is -2.42. The van der Waals surface area contributed by atoms with Crippen LogP contribution in [0.1, 0.15) is 48.5 Å². The quantitative estimate of drug-likeness (QED) is 0.464. The molecule has 6 nitrogen and oxygen atoms in total. The van der Waals surface area contributed by atoms with Crippen molar-refractivity contribution in [2.75, 3.05) is 13.1 Å². The van der Waals surface area contributed by atoms with Crippen LogP contribution in [0.4, 0.5) is 4.39 Å². The summed E-state index contributed by atoms with van der Waals surface area (Å²) in [5, 5.41) is 14.9. The van der Waals surface area contributed by atoms with Gasteiger partial charge in [-0.05, 0) is 69.0 Å². The largest absolute Gasteiger partial charge is 0.489 e. The number of ether oxygens (including phenoxy) is 1. The minimum atomic E-state index is -1.57. The van der Waals surface area contributed by atoms with Gasteiger partial charge in [0.2, 0.25) is 5.78 Å². The molecule has 0 bridgehead atoms. The first-order valence-corrected chi connectivity index (χ1v) is 11.2. The standard InChI is InChI=1S/C24H26ClFN2O4/c1-15(27-23(30)22(29)16-4-7-18(26)8-5-16)24(31,28-12-2-3-13-28)17-6-11-21(20(25)14-17)32-19-9-10-19/h4-8,11,14-15,19,31H,2-3,9-10,12-13H2,1H3,(H,27,30)/t15-,24+/m1/s1. The molecule has 2 fully saturated rings. The van der Waals surface area contributed by atoms with Gasteiger partial charge in [-0.15, -0.1) is 0 Å². The minimum absolute atomic E-state index is 0.0745. The molecule has 2 N–H and O–H groups in total. The number of hydrogen-bond acceptors (Lipinski definition) is 5. The summed E-state index contributed by atoms with van der Waals surface area (Å²) in [5.74, 6) is -1.61. The molecule has 2 aromatic rings. The average molecular weight is 461 g/mol. The van der Waals surface area contributed by atoms with Crippen LogP contribution in [0.3, 0.4) is 0 Å². The van der Waals surface area contributed by atoms with Gasteiger partial charge in [0.15, 0.2) is 5.72 Å². The number of amides is 1. The van der Waals surface area contributed by atoms with Crippen molar-refractivity contribution >= 4 is 23.3 Å². The Kier molecular flexibility index (Phi) is 6.51. The van der Waals surface area contributed by atoms with Crippen LogP contribution in [0.2, 0.25) is 5.02 Å². The molecular formula is C24H26ClFN2O4. The van der Waals surface area contributed by atoms with E-state index in [-0.39, 0.29) is 11.7 Å². The first kappa shape index (κ1) is 22.7. The van der Waals surface area contributed by atoms with E-state index in [1.807, 2.05) is 4.90 Å². The van der Waals surface area contributed by atoms with Gasteiger partial charge in [-0.1, -0.05) is 17.7 Å². The Morgan fingerprint density at radius 3 is 2.44 bits per heavy atom. The van der Waals surface area contributed by atoms with Crippen LogP contribution in [0.25, 0.3) is 0 Å². The van der Waals surface area contributed by atoms with Crippen LogP contribution in [-0.4, -0.2) is 46.9 Å². The average Bonchev–Trinajstić information content (AvgIpc) is 3.42. The zero-order valence-electron chi connectivity index (χ0n) is 17.8. The van der Waals surface area contributed by atoms with Gasteiger partial charge in [-0.2, -0.15) is 0 Å². The van der Waals surface area contributed by atoms with E-state index in [9.17, 15) is 19.1 Å². The molecule has 2 atom stereocenters. The number of likely N-dealkylation sites (tertiary alicyclic amines) is 1. The predicted molar refractivity (Wildman–Crippen MR) is 118 cm³/mol. The third kappa shape index (κ3) is 4.65. The second-order valence-electron chi connectivity index (χ2n) is 8.41. The monoisotopic (exact) mass is 460 g/mol. The molecule has 8 heteroatoms. The fraction of sp³-hybridized carbons (Fsp3) is 0.417. The maximum atomic E-state index is 13.1. The zero-order chi connectivity index (χ0) is 22.9. The van der Waals surface area contributed by atoms with Crippen molar-refractivity contribution in [3.05, 3.63) is 64.4 Å². The molecule has 2 aromatic carbocycles. The third-order valence-electron chi connectivity index (χ3n) is 6.03. The topological polar surface area (TPSA) is 78.9 Å². The van der Waals surface area contributed by atoms with Crippen LogP contribution in [0.15, 0.2) is 42.5 Å². The van der Waals surface area contributed by atoms with E-state index >= 15 is 0 Å². The van der Waals surface area contributed by atoms with Crippen molar-refractivity contribution in [1.82, 2.24) is 10.2 Å². The maximum absolute atomic E-state index is 13.1. The van der Waals surface area contributed by atoms with Crippen molar-refractivity contribution in [1.29, 1.82) is 0 Å². The Hall–Kier alpha value is -2.48. The smallest absolute Gasteiger partial charge is 0.292 e. The molecule has 32 heavy (non-hydrogen) atoms. The fourth-order valence-corrected chi connectivity index (χ4v) is 4.28. The van der Waals surface area contributed by atoms with Gasteiger partial charge >= 0.3 is 0 Å². The number of ketones is 1. The predicted octanol–water partition coefficient (Wildman–Crippen LogP) is 3.65. The first-order chi connectivity index (χ1) is 15.3. The Morgan fingerprint density at radius 1 is 1.19 bits per heavy atom. The highest BCUT2D eigenvalue weighted by Crippen LogP contribution is 2.38. The summed E-state index contributed by atoms with van der Waals surface area (Å²) in [6.45, 7) is 2.93. The van der Waals surface area contributed by atoms with Crippen LogP contribution in [0.5, 0.6) is 5.75 Å². The van der Waals surface area contributed by atoms with Gasteiger partial charge < -0.3 is 15.2 Å². The maximum Gasteiger partial charge on any atom is 0.292 e. The van der Waals surface area contributed by atoms with Gasteiger partial charge in [0.25, 0.3) is 5.91 Å². The van der Waals surface area contributed by atoms with Crippen LogP contribution >= 0.6 is 11.6 Å². The highest BCUT2D eigenvalue weighted by molar-refractivity contribution is 6.42. The summed E-state index contributed by atoms with van der Waals surface area (Å²) in [6, 6.07) is 9.06. The number of nitrogens with one attached hydrogen (secondary N) is 1. The highest BCUT2D eigenvalue weighted by atomic mass is 35.5. The Morgan fingerprint density at radius 2 is 1.84 bits per heavy atom. The van der Waals surface area contributed by atoms with E-state index in [4.69, 9.17) is 16.3 Å². The number of nitrogens with zero attached hydrogens (tertiary/aromatic N) is 1. The number of aliphatic hydroxyl groups is 1. The van der Waals surface area contributed by atoms with E-state index in [1.165, 1.54) is 12.1 Å². The highest BCUT2D eigenvalue weighted by Gasteiger charge is 2.44. The van der Waals surface area contributed by atoms with E-state index in [2.05, 4.69) is 5.32 Å². The zero-order valence-corrected chi connectivity index (χ0v) is 18.6. The number of halogens is 2. The van der Waals surface area contributed by atoms with Crippen molar-refractivity contribution in [2.45, 2.75) is 50.5 Å². The van der Waals surface area contributed by atoms with Crippen LogP contribution < -0.4 is 10.1 Å². The van der Waals surface area contributed by atoms with Crippen LogP contribution in [0, 0.1) is 5.82 Å². The summed E-state index contributed by atoms with van der Waals surface area (Å²) in [6.07, 6.45) is 4.01. The van der Waals surface area contributed by atoms with E-state index < -0.39 is 29.3 Å². The second-order valence-corrected chi connectivity index (χ2v) is 8.82. The first-order valence-electron chi connectivity index (χ1n) is 10.8. The van der Waals surface area contributed by atoms with Gasteiger partial charge in [-0.3, -0.25) is 14.5 Å². The summed E-state index contributed by atoms with van der Waals surface area (Å²) in [4.78, 5) is 27.0. The summed E-state index contributed by atoms with van der Waals surface area (Å²) in [5.41, 5.74) is -0.989. The Balaban J connectivity index is 1.57. The molecule has 0 spiro atoms. The van der Waals surface area contributed by atoms with Gasteiger partial charge in [-0.25, -0.2) is 4.39 Å². The lowest BCUT2D eigenvalue weighted by Crippen LogP contribution is -2.59. The van der Waals surface area contributed by atoms with Gasteiger partial charge in [0, 0.05) is 24.2 Å².